The second kappa shape index (κ2) is 5.12. The predicted octanol–water partition coefficient (Wildman–Crippen LogP) is 1.98. The van der Waals surface area contributed by atoms with E-state index in [1.165, 1.54) is 25.9 Å². The third-order valence-corrected chi connectivity index (χ3v) is 2.79. The third-order valence-electron chi connectivity index (χ3n) is 2.79. The van der Waals surface area contributed by atoms with Gasteiger partial charge in [0.15, 0.2) is 0 Å². The number of hydrogen-bond donors (Lipinski definition) is 1. The summed E-state index contributed by atoms with van der Waals surface area (Å²) in [7, 11) is 0. The summed E-state index contributed by atoms with van der Waals surface area (Å²) >= 11 is 0. The molecule has 2 rings (SSSR count). The van der Waals surface area contributed by atoms with Gasteiger partial charge in [-0.25, -0.2) is 4.98 Å². The summed E-state index contributed by atoms with van der Waals surface area (Å²) in [6.07, 6.45) is 4.54. The SMILES string of the molecule is CC(CN1CCCC1)Nc1ccccn1. The quantitative estimate of drug-likeness (QED) is 0.814. The van der Waals surface area contributed by atoms with Crippen LogP contribution in [0.1, 0.15) is 19.8 Å². The summed E-state index contributed by atoms with van der Waals surface area (Å²) in [6.45, 7) is 5.85. The Balaban J connectivity index is 1.79. The molecule has 0 bridgehead atoms. The van der Waals surface area contributed by atoms with Gasteiger partial charge in [-0.3, -0.25) is 0 Å². The van der Waals surface area contributed by atoms with E-state index in [2.05, 4.69) is 22.1 Å². The molecule has 0 spiro atoms. The Hall–Kier alpha value is -1.09. The maximum absolute atomic E-state index is 4.26. The van der Waals surface area contributed by atoms with E-state index < -0.39 is 0 Å². The fourth-order valence-electron chi connectivity index (χ4n) is 2.10. The molecule has 3 heteroatoms. The van der Waals surface area contributed by atoms with Crippen LogP contribution in [0.5, 0.6) is 0 Å². The summed E-state index contributed by atoms with van der Waals surface area (Å²) in [6, 6.07) is 6.44. The molecule has 0 amide bonds. The lowest BCUT2D eigenvalue weighted by atomic mass is 10.3. The smallest absolute Gasteiger partial charge is 0.126 e. The highest BCUT2D eigenvalue weighted by atomic mass is 15.2. The van der Waals surface area contributed by atoms with Crippen LogP contribution in [0, 0.1) is 0 Å². The number of pyridine rings is 1. The molecule has 0 radical (unpaired) electrons. The maximum Gasteiger partial charge on any atom is 0.126 e. The number of hydrogen-bond acceptors (Lipinski definition) is 3. The van der Waals surface area contributed by atoms with Crippen molar-refractivity contribution < 1.29 is 0 Å². The highest BCUT2D eigenvalue weighted by molar-refractivity contribution is 5.34. The molecule has 15 heavy (non-hydrogen) atoms. The molecule has 1 aliphatic heterocycles. The van der Waals surface area contributed by atoms with Crippen LogP contribution in [0.15, 0.2) is 24.4 Å². The molecule has 1 aromatic rings. The van der Waals surface area contributed by atoms with Gasteiger partial charge in [0.1, 0.15) is 5.82 Å². The van der Waals surface area contributed by atoms with Crippen molar-refractivity contribution in [2.24, 2.45) is 0 Å². The third kappa shape index (κ3) is 3.20. The van der Waals surface area contributed by atoms with Crippen molar-refractivity contribution in [3.63, 3.8) is 0 Å². The molecule has 0 saturated carbocycles. The minimum Gasteiger partial charge on any atom is -0.366 e. The van der Waals surface area contributed by atoms with E-state index in [1.807, 2.05) is 24.4 Å². The van der Waals surface area contributed by atoms with Gasteiger partial charge < -0.3 is 10.2 Å². The van der Waals surface area contributed by atoms with Gasteiger partial charge in [0.05, 0.1) is 0 Å². The molecule has 1 N–H and O–H groups in total. The van der Waals surface area contributed by atoms with Crippen LogP contribution in [-0.4, -0.2) is 35.6 Å². The predicted molar refractivity (Wildman–Crippen MR) is 63.0 cm³/mol. The molecule has 1 fully saturated rings. The monoisotopic (exact) mass is 205 g/mol. The molecule has 0 aliphatic carbocycles. The van der Waals surface area contributed by atoms with E-state index in [4.69, 9.17) is 0 Å². The lowest BCUT2D eigenvalue weighted by molar-refractivity contribution is 0.327. The van der Waals surface area contributed by atoms with Gasteiger partial charge in [-0.1, -0.05) is 6.07 Å². The standard InChI is InChI=1S/C12H19N3/c1-11(10-15-8-4-5-9-15)14-12-6-2-3-7-13-12/h2-3,6-7,11H,4-5,8-10H2,1H3,(H,13,14). The van der Waals surface area contributed by atoms with Crippen molar-refractivity contribution in [2.75, 3.05) is 25.0 Å². The first kappa shape index (κ1) is 10.4. The Morgan fingerprint density at radius 2 is 2.20 bits per heavy atom. The molecule has 3 nitrogen and oxygen atoms in total. The molecular weight excluding hydrogens is 186 g/mol. The number of anilines is 1. The number of nitrogens with zero attached hydrogens (tertiary/aromatic N) is 2. The van der Waals surface area contributed by atoms with Crippen molar-refractivity contribution in [2.45, 2.75) is 25.8 Å². The van der Waals surface area contributed by atoms with Crippen LogP contribution < -0.4 is 5.32 Å². The van der Waals surface area contributed by atoms with Crippen molar-refractivity contribution in [3.8, 4) is 0 Å². The van der Waals surface area contributed by atoms with Gasteiger partial charge >= 0.3 is 0 Å². The number of likely N-dealkylation sites (tertiary alicyclic amines) is 1. The fraction of sp³-hybridized carbons (Fsp3) is 0.583. The summed E-state index contributed by atoms with van der Waals surface area (Å²) in [5.41, 5.74) is 0. The first-order chi connectivity index (χ1) is 7.34. The van der Waals surface area contributed by atoms with Crippen LogP contribution in [0.4, 0.5) is 5.82 Å². The summed E-state index contributed by atoms with van der Waals surface area (Å²) in [5.74, 6) is 0.976. The molecule has 1 aliphatic rings. The Morgan fingerprint density at radius 3 is 2.87 bits per heavy atom. The van der Waals surface area contributed by atoms with Crippen LogP contribution in [0.3, 0.4) is 0 Å². The van der Waals surface area contributed by atoms with Crippen LogP contribution in [0.25, 0.3) is 0 Å². The number of rotatable bonds is 4. The molecule has 1 atom stereocenters. The van der Waals surface area contributed by atoms with Crippen LogP contribution >= 0.6 is 0 Å². The average molecular weight is 205 g/mol. The van der Waals surface area contributed by atoms with E-state index in [0.717, 1.165) is 12.4 Å². The zero-order valence-corrected chi connectivity index (χ0v) is 9.32. The zero-order valence-electron chi connectivity index (χ0n) is 9.32. The minimum absolute atomic E-state index is 0.470. The highest BCUT2D eigenvalue weighted by Gasteiger charge is 2.14. The van der Waals surface area contributed by atoms with Gasteiger partial charge in [0.2, 0.25) is 0 Å². The van der Waals surface area contributed by atoms with Crippen molar-refractivity contribution in [3.05, 3.63) is 24.4 Å². The highest BCUT2D eigenvalue weighted by Crippen LogP contribution is 2.09. The van der Waals surface area contributed by atoms with E-state index >= 15 is 0 Å². The molecule has 1 unspecified atom stereocenters. The molecular formula is C12H19N3. The van der Waals surface area contributed by atoms with Gasteiger partial charge in [0.25, 0.3) is 0 Å². The normalized spacial score (nSPS) is 19.0. The molecule has 0 aromatic carbocycles. The summed E-state index contributed by atoms with van der Waals surface area (Å²) < 4.78 is 0. The Morgan fingerprint density at radius 1 is 1.40 bits per heavy atom. The van der Waals surface area contributed by atoms with Gasteiger partial charge in [-0.05, 0) is 45.0 Å². The van der Waals surface area contributed by atoms with Gasteiger partial charge in [-0.2, -0.15) is 0 Å². The van der Waals surface area contributed by atoms with E-state index in [0.29, 0.717) is 6.04 Å². The second-order valence-electron chi connectivity index (χ2n) is 4.27. The first-order valence-corrected chi connectivity index (χ1v) is 5.74. The lowest BCUT2D eigenvalue weighted by Crippen LogP contribution is -2.33. The molecule has 1 aromatic heterocycles. The van der Waals surface area contributed by atoms with Gasteiger partial charge in [-0.15, -0.1) is 0 Å². The second-order valence-corrected chi connectivity index (χ2v) is 4.27. The largest absolute Gasteiger partial charge is 0.366 e. The molecule has 82 valence electrons. The molecule has 1 saturated heterocycles. The zero-order chi connectivity index (χ0) is 10.5. The van der Waals surface area contributed by atoms with Crippen molar-refractivity contribution >= 4 is 5.82 Å². The van der Waals surface area contributed by atoms with E-state index in [9.17, 15) is 0 Å². The Bertz CT molecular complexity index is 280. The average Bonchev–Trinajstić information content (AvgIpc) is 2.71. The first-order valence-electron chi connectivity index (χ1n) is 5.74. The van der Waals surface area contributed by atoms with Crippen LogP contribution in [-0.2, 0) is 0 Å². The fourth-order valence-corrected chi connectivity index (χ4v) is 2.10. The summed E-state index contributed by atoms with van der Waals surface area (Å²) in [5, 5.41) is 3.42. The van der Waals surface area contributed by atoms with Gasteiger partial charge in [0, 0.05) is 18.8 Å². The van der Waals surface area contributed by atoms with E-state index in [1.54, 1.807) is 0 Å². The minimum atomic E-state index is 0.470. The van der Waals surface area contributed by atoms with Crippen molar-refractivity contribution in [1.29, 1.82) is 0 Å². The Kier molecular flexibility index (Phi) is 3.56. The number of aromatic nitrogens is 1. The molecule has 2 heterocycles. The van der Waals surface area contributed by atoms with E-state index in [-0.39, 0.29) is 0 Å². The topological polar surface area (TPSA) is 28.2 Å². The Labute approximate surface area is 91.5 Å². The van der Waals surface area contributed by atoms with Crippen molar-refractivity contribution in [1.82, 2.24) is 9.88 Å². The summed E-state index contributed by atoms with van der Waals surface area (Å²) in [4.78, 5) is 6.78. The maximum atomic E-state index is 4.26. The number of nitrogens with one attached hydrogen (secondary N) is 1. The van der Waals surface area contributed by atoms with Crippen LogP contribution in [0.2, 0.25) is 0 Å². The lowest BCUT2D eigenvalue weighted by Gasteiger charge is -2.21.